The van der Waals surface area contributed by atoms with Crippen molar-refractivity contribution < 1.29 is 4.39 Å². The zero-order valence-corrected chi connectivity index (χ0v) is 22.3. The molecule has 0 aliphatic carbocycles. The average Bonchev–Trinajstić information content (AvgIpc) is 3.26. The molecule has 5 heteroatoms. The van der Waals surface area contributed by atoms with E-state index in [1.807, 2.05) is 12.1 Å². The van der Waals surface area contributed by atoms with E-state index in [1.165, 1.54) is 16.6 Å². The Balaban J connectivity index is 1.32. The van der Waals surface area contributed by atoms with Crippen LogP contribution in [-0.2, 0) is 19.5 Å². The van der Waals surface area contributed by atoms with Gasteiger partial charge in [-0.2, -0.15) is 0 Å². The molecule has 1 aliphatic rings. The van der Waals surface area contributed by atoms with Crippen LogP contribution in [0.15, 0.2) is 114 Å². The van der Waals surface area contributed by atoms with Crippen LogP contribution in [0, 0.1) is 5.82 Å². The smallest absolute Gasteiger partial charge is 0.206 e. The normalized spacial score (nSPS) is 15.3. The molecule has 198 valence electrons. The van der Waals surface area contributed by atoms with Crippen LogP contribution in [0.3, 0.4) is 0 Å². The summed E-state index contributed by atoms with van der Waals surface area (Å²) in [4.78, 5) is 8.02. The number of benzene rings is 4. The second-order valence-electron chi connectivity index (χ2n) is 10.5. The maximum absolute atomic E-state index is 13.7. The molecule has 0 spiro atoms. The third kappa shape index (κ3) is 6.04. The first-order chi connectivity index (χ1) is 19.2. The van der Waals surface area contributed by atoms with Crippen LogP contribution in [-0.4, -0.2) is 39.7 Å². The van der Waals surface area contributed by atoms with Gasteiger partial charge in [-0.05, 0) is 60.2 Å². The Morgan fingerprint density at radius 3 is 1.72 bits per heavy atom. The summed E-state index contributed by atoms with van der Waals surface area (Å²) in [5.41, 5.74) is 7.03. The van der Waals surface area contributed by atoms with E-state index in [2.05, 4.69) is 99.0 Å². The van der Waals surface area contributed by atoms with E-state index < -0.39 is 0 Å². The van der Waals surface area contributed by atoms with Crippen LogP contribution in [0.25, 0.3) is 11.0 Å². The molecule has 0 atom stereocenters. The van der Waals surface area contributed by atoms with Gasteiger partial charge in [-0.1, -0.05) is 84.9 Å². The fourth-order valence-electron chi connectivity index (χ4n) is 5.64. The fourth-order valence-corrected chi connectivity index (χ4v) is 5.64. The van der Waals surface area contributed by atoms with Gasteiger partial charge in [0.1, 0.15) is 5.82 Å². The van der Waals surface area contributed by atoms with Crippen molar-refractivity contribution in [2.24, 2.45) is 4.99 Å². The molecule has 1 aliphatic heterocycles. The minimum atomic E-state index is -0.209. The molecular formula is C34H35FN4. The Hall–Kier alpha value is -3.96. The molecule has 2 heterocycles. The van der Waals surface area contributed by atoms with Crippen molar-refractivity contribution in [3.05, 3.63) is 137 Å². The highest BCUT2D eigenvalue weighted by atomic mass is 19.1. The highest BCUT2D eigenvalue weighted by Gasteiger charge is 2.20. The molecule has 6 rings (SSSR count). The number of nitrogens with zero attached hydrogens (tertiary/aromatic N) is 4. The van der Waals surface area contributed by atoms with Gasteiger partial charge in [0.05, 0.1) is 30.2 Å². The van der Waals surface area contributed by atoms with Crippen LogP contribution in [0.4, 0.5) is 4.39 Å². The van der Waals surface area contributed by atoms with Crippen LogP contribution < -0.4 is 5.62 Å². The first kappa shape index (κ1) is 25.3. The van der Waals surface area contributed by atoms with E-state index in [9.17, 15) is 4.39 Å². The highest BCUT2D eigenvalue weighted by molar-refractivity contribution is 5.76. The summed E-state index contributed by atoms with van der Waals surface area (Å²) in [6.07, 6.45) is 3.20. The molecular weight excluding hydrogens is 483 g/mol. The van der Waals surface area contributed by atoms with Crippen molar-refractivity contribution in [1.82, 2.24) is 14.0 Å². The molecule has 0 saturated carbocycles. The predicted octanol–water partition coefficient (Wildman–Crippen LogP) is 6.29. The molecule has 5 aromatic rings. The van der Waals surface area contributed by atoms with Crippen molar-refractivity contribution in [3.8, 4) is 0 Å². The number of aromatic nitrogens is 2. The van der Waals surface area contributed by atoms with Crippen LogP contribution in [0.2, 0.25) is 0 Å². The summed E-state index contributed by atoms with van der Waals surface area (Å²) in [7, 11) is 0. The number of likely N-dealkylation sites (tertiary alicyclic amines) is 1. The summed E-state index contributed by atoms with van der Waals surface area (Å²) < 4.78 is 18.3. The molecule has 0 bridgehead atoms. The SMILES string of the molecule is Fc1ccc(Cn2c(=NC3CCN(CCc4ccccc4)CC3)n(Cc3ccccc3)c3ccccc32)cc1. The quantitative estimate of drug-likeness (QED) is 0.237. The molecule has 1 fully saturated rings. The number of piperidine rings is 1. The van der Waals surface area contributed by atoms with E-state index in [4.69, 9.17) is 4.99 Å². The van der Waals surface area contributed by atoms with Gasteiger partial charge in [0, 0.05) is 19.6 Å². The van der Waals surface area contributed by atoms with Gasteiger partial charge in [0.2, 0.25) is 5.62 Å². The Bertz CT molecular complexity index is 1560. The van der Waals surface area contributed by atoms with Gasteiger partial charge in [0.25, 0.3) is 0 Å². The standard InChI is InChI=1S/C34H35FN4/c35-30-17-15-29(16-18-30)26-39-33-14-8-7-13-32(33)38(25-28-11-5-2-6-12-28)34(39)36-31-20-23-37(24-21-31)22-19-27-9-3-1-4-10-27/h1-18,31H,19-26H2. The summed E-state index contributed by atoms with van der Waals surface area (Å²) in [5, 5.41) is 0. The van der Waals surface area contributed by atoms with E-state index in [0.29, 0.717) is 6.54 Å². The van der Waals surface area contributed by atoms with Crippen molar-refractivity contribution in [1.29, 1.82) is 0 Å². The molecule has 4 aromatic carbocycles. The molecule has 4 nitrogen and oxygen atoms in total. The topological polar surface area (TPSA) is 25.5 Å². The van der Waals surface area contributed by atoms with Crippen LogP contribution >= 0.6 is 0 Å². The first-order valence-electron chi connectivity index (χ1n) is 14.0. The Kier molecular flexibility index (Phi) is 7.68. The van der Waals surface area contributed by atoms with Gasteiger partial charge in [-0.15, -0.1) is 0 Å². The van der Waals surface area contributed by atoms with Crippen molar-refractivity contribution in [2.75, 3.05) is 19.6 Å². The highest BCUT2D eigenvalue weighted by Crippen LogP contribution is 2.19. The number of halogens is 1. The first-order valence-corrected chi connectivity index (χ1v) is 14.0. The van der Waals surface area contributed by atoms with Gasteiger partial charge < -0.3 is 14.0 Å². The van der Waals surface area contributed by atoms with E-state index >= 15 is 0 Å². The van der Waals surface area contributed by atoms with Gasteiger partial charge in [0.15, 0.2) is 0 Å². The fraction of sp³-hybridized carbons (Fsp3) is 0.265. The van der Waals surface area contributed by atoms with Crippen LogP contribution in [0.1, 0.15) is 29.5 Å². The maximum atomic E-state index is 13.7. The monoisotopic (exact) mass is 518 g/mol. The predicted molar refractivity (Wildman–Crippen MR) is 156 cm³/mol. The van der Waals surface area contributed by atoms with Gasteiger partial charge in [-0.25, -0.2) is 9.38 Å². The molecule has 0 N–H and O–H groups in total. The van der Waals surface area contributed by atoms with E-state index in [0.717, 1.165) is 62.1 Å². The molecule has 39 heavy (non-hydrogen) atoms. The summed E-state index contributed by atoms with van der Waals surface area (Å²) in [5.74, 6) is -0.209. The van der Waals surface area contributed by atoms with Gasteiger partial charge in [-0.3, -0.25) is 0 Å². The van der Waals surface area contributed by atoms with Crippen molar-refractivity contribution in [2.45, 2.75) is 38.4 Å². The summed E-state index contributed by atoms with van der Waals surface area (Å²) in [6, 6.07) is 37.0. The van der Waals surface area contributed by atoms with E-state index in [1.54, 1.807) is 12.1 Å². The lowest BCUT2D eigenvalue weighted by Gasteiger charge is -2.30. The maximum Gasteiger partial charge on any atom is 0.206 e. The lowest BCUT2D eigenvalue weighted by atomic mass is 10.0. The van der Waals surface area contributed by atoms with Crippen LogP contribution in [0.5, 0.6) is 0 Å². The second-order valence-corrected chi connectivity index (χ2v) is 10.5. The van der Waals surface area contributed by atoms with Crippen molar-refractivity contribution >= 4 is 11.0 Å². The summed E-state index contributed by atoms with van der Waals surface area (Å²) in [6.45, 7) is 4.63. The lowest BCUT2D eigenvalue weighted by Crippen LogP contribution is -2.38. The zero-order valence-electron chi connectivity index (χ0n) is 22.3. The average molecular weight is 519 g/mol. The Morgan fingerprint density at radius 2 is 1.13 bits per heavy atom. The Labute approximate surface area is 229 Å². The van der Waals surface area contributed by atoms with E-state index in [-0.39, 0.29) is 11.9 Å². The third-order valence-electron chi connectivity index (χ3n) is 7.80. The molecule has 0 unspecified atom stereocenters. The number of hydrogen-bond acceptors (Lipinski definition) is 2. The molecule has 0 amide bonds. The number of imidazole rings is 1. The number of rotatable bonds is 8. The van der Waals surface area contributed by atoms with Gasteiger partial charge >= 0.3 is 0 Å². The minimum absolute atomic E-state index is 0.209. The minimum Gasteiger partial charge on any atom is -0.306 e. The lowest BCUT2D eigenvalue weighted by molar-refractivity contribution is 0.214. The Morgan fingerprint density at radius 1 is 0.615 bits per heavy atom. The van der Waals surface area contributed by atoms with Crippen molar-refractivity contribution in [3.63, 3.8) is 0 Å². The molecule has 0 radical (unpaired) electrons. The number of para-hydroxylation sites is 2. The zero-order chi connectivity index (χ0) is 26.4. The second kappa shape index (κ2) is 11.8. The molecule has 1 aromatic heterocycles. The molecule has 1 saturated heterocycles. The number of fused-ring (bicyclic) bond motifs is 1. The summed E-state index contributed by atoms with van der Waals surface area (Å²) >= 11 is 0. The third-order valence-corrected chi connectivity index (χ3v) is 7.80. The number of hydrogen-bond donors (Lipinski definition) is 0. The largest absolute Gasteiger partial charge is 0.306 e.